The molecule has 3 amide bonds. The lowest BCUT2D eigenvalue weighted by molar-refractivity contribution is -0.122. The van der Waals surface area contributed by atoms with Crippen molar-refractivity contribution in [3.63, 3.8) is 0 Å². The number of aromatic nitrogens is 1. The maximum atomic E-state index is 13.6. The van der Waals surface area contributed by atoms with Crippen molar-refractivity contribution in [3.8, 4) is 0 Å². The second-order valence-corrected chi connectivity index (χ2v) is 12.1. The van der Waals surface area contributed by atoms with Crippen molar-refractivity contribution < 1.29 is 19.1 Å². The van der Waals surface area contributed by atoms with Gasteiger partial charge in [0.25, 0.3) is 0 Å². The summed E-state index contributed by atoms with van der Waals surface area (Å²) in [5, 5.41) is 5.95. The van der Waals surface area contributed by atoms with Crippen LogP contribution >= 0.6 is 11.3 Å². The molecule has 43 heavy (non-hydrogen) atoms. The lowest BCUT2D eigenvalue weighted by Crippen LogP contribution is -2.49. The number of alkyl carbamates (subject to hydrolysis) is 1. The summed E-state index contributed by atoms with van der Waals surface area (Å²) in [6.07, 6.45) is 4.56. The molecule has 0 saturated carbocycles. The van der Waals surface area contributed by atoms with E-state index in [1.54, 1.807) is 23.7 Å². The summed E-state index contributed by atoms with van der Waals surface area (Å²) in [5.74, 6) is -0.0309. The number of Topliss-reactive ketones (excluding diaryl/α,β-unsaturated/α-hetero) is 1. The van der Waals surface area contributed by atoms with Crippen LogP contribution in [0.1, 0.15) is 55.5 Å². The van der Waals surface area contributed by atoms with Gasteiger partial charge in [-0.1, -0.05) is 60.7 Å². The van der Waals surface area contributed by atoms with Crippen LogP contribution in [0.25, 0.3) is 0 Å². The Hall–Kier alpha value is -3.76. The number of hydrogen-bond donors (Lipinski definition) is 3. The number of nitrogens with zero attached hydrogens (tertiary/aromatic N) is 2. The van der Waals surface area contributed by atoms with Gasteiger partial charge in [-0.3, -0.25) is 9.78 Å². The zero-order chi connectivity index (χ0) is 31.0. The monoisotopic (exact) mass is 607 g/mol. The van der Waals surface area contributed by atoms with Crippen molar-refractivity contribution in [3.05, 3.63) is 88.4 Å². The molecule has 4 N–H and O–H groups in total. The molecule has 0 aliphatic heterocycles. The fourth-order valence-corrected chi connectivity index (χ4v) is 5.34. The van der Waals surface area contributed by atoms with Gasteiger partial charge in [-0.2, -0.15) is 0 Å². The fourth-order valence-electron chi connectivity index (χ4n) is 4.84. The Labute approximate surface area is 259 Å². The van der Waals surface area contributed by atoms with Crippen molar-refractivity contribution >= 4 is 29.2 Å². The van der Waals surface area contributed by atoms with Gasteiger partial charge in [0, 0.05) is 31.7 Å². The minimum atomic E-state index is -0.656. The normalized spacial score (nSPS) is 13.1. The molecule has 0 bridgehead atoms. The molecule has 3 atom stereocenters. The van der Waals surface area contributed by atoms with Gasteiger partial charge >= 0.3 is 12.1 Å². The Balaban J connectivity index is 1.71. The number of ketones is 1. The first-order valence-electron chi connectivity index (χ1n) is 14.9. The lowest BCUT2D eigenvalue weighted by Gasteiger charge is -2.27. The highest BCUT2D eigenvalue weighted by Crippen LogP contribution is 2.22. The van der Waals surface area contributed by atoms with E-state index in [4.69, 9.17) is 10.5 Å². The van der Waals surface area contributed by atoms with Crippen molar-refractivity contribution in [2.24, 2.45) is 11.7 Å². The number of urea groups is 1. The molecule has 0 aliphatic rings. The van der Waals surface area contributed by atoms with Crippen LogP contribution in [0.3, 0.4) is 0 Å². The Kier molecular flexibility index (Phi) is 14.1. The molecule has 3 aromatic rings. The smallest absolute Gasteiger partial charge is 0.407 e. The van der Waals surface area contributed by atoms with Crippen LogP contribution in [0, 0.1) is 5.92 Å². The first-order valence-corrected chi connectivity index (χ1v) is 15.8. The summed E-state index contributed by atoms with van der Waals surface area (Å²) < 4.78 is 5.46. The molecule has 9 nitrogen and oxygen atoms in total. The van der Waals surface area contributed by atoms with E-state index in [9.17, 15) is 14.4 Å². The summed E-state index contributed by atoms with van der Waals surface area (Å²) >= 11 is 1.43. The summed E-state index contributed by atoms with van der Waals surface area (Å²) in [4.78, 5) is 45.6. The van der Waals surface area contributed by atoms with Gasteiger partial charge in [0.1, 0.15) is 6.61 Å². The maximum Gasteiger partial charge on any atom is 0.407 e. The number of benzene rings is 2. The largest absolute Gasteiger partial charge is 0.444 e. The number of nitrogens with one attached hydrogen (secondary N) is 2. The number of hydrogen-bond acceptors (Lipinski definition) is 7. The minimum Gasteiger partial charge on any atom is -0.444 e. The molecule has 10 heteroatoms. The molecule has 2 aromatic carbocycles. The molecule has 0 radical (unpaired) electrons. The Morgan fingerprint density at radius 2 is 1.58 bits per heavy atom. The molecule has 0 spiro atoms. The van der Waals surface area contributed by atoms with E-state index >= 15 is 0 Å². The van der Waals surface area contributed by atoms with Gasteiger partial charge in [-0.15, -0.1) is 11.3 Å². The van der Waals surface area contributed by atoms with Gasteiger partial charge in [-0.05, 0) is 69.5 Å². The first kappa shape index (κ1) is 33.7. The maximum absolute atomic E-state index is 13.6. The molecule has 0 saturated heterocycles. The number of carbonyl (C=O) groups is 3. The molecule has 232 valence electrons. The number of carbonyl (C=O) groups excluding carboxylic acids is 3. The summed E-state index contributed by atoms with van der Waals surface area (Å²) in [6, 6.07) is 18.9. The van der Waals surface area contributed by atoms with E-state index in [2.05, 4.69) is 27.8 Å². The highest BCUT2D eigenvalue weighted by atomic mass is 32.1. The van der Waals surface area contributed by atoms with E-state index in [1.165, 1.54) is 11.3 Å². The van der Waals surface area contributed by atoms with Crippen LogP contribution in [-0.4, -0.2) is 59.5 Å². The molecule has 0 unspecified atom stereocenters. The second-order valence-electron chi connectivity index (χ2n) is 11.2. The summed E-state index contributed by atoms with van der Waals surface area (Å²) in [6.45, 7) is 4.30. The van der Waals surface area contributed by atoms with Gasteiger partial charge in [0.2, 0.25) is 0 Å². The van der Waals surface area contributed by atoms with Gasteiger partial charge in [0.05, 0.1) is 16.4 Å². The van der Waals surface area contributed by atoms with Crippen LogP contribution in [0.2, 0.25) is 0 Å². The lowest BCUT2D eigenvalue weighted by atomic mass is 9.86. The van der Waals surface area contributed by atoms with E-state index in [0.717, 1.165) is 16.0 Å². The SMILES string of the molecule is CC(C)N(C)C(=O)N[C@@H](CCN)C(=O)C[C@H](CC[C@H](Cc1ccccc1)NC(=O)OCc1cncs1)Cc1ccccc1. The molecule has 1 heterocycles. The minimum absolute atomic E-state index is 0.00201. The molecular weight excluding hydrogens is 562 g/mol. The highest BCUT2D eigenvalue weighted by molar-refractivity contribution is 7.09. The number of nitrogens with two attached hydrogens (primary N) is 1. The van der Waals surface area contributed by atoms with Gasteiger partial charge in [0.15, 0.2) is 5.78 Å². The van der Waals surface area contributed by atoms with Crippen molar-refractivity contribution in [1.29, 1.82) is 0 Å². The molecule has 0 aliphatic carbocycles. The van der Waals surface area contributed by atoms with Crippen molar-refractivity contribution in [2.75, 3.05) is 13.6 Å². The van der Waals surface area contributed by atoms with E-state index in [1.807, 2.05) is 62.4 Å². The third kappa shape index (κ3) is 12.2. The third-order valence-electron chi connectivity index (χ3n) is 7.49. The third-order valence-corrected chi connectivity index (χ3v) is 8.25. The average Bonchev–Trinajstić information content (AvgIpc) is 3.53. The van der Waals surface area contributed by atoms with E-state index < -0.39 is 12.1 Å². The van der Waals surface area contributed by atoms with Crippen LogP contribution in [0.4, 0.5) is 9.59 Å². The Bertz CT molecular complexity index is 1240. The summed E-state index contributed by atoms with van der Waals surface area (Å²) in [7, 11) is 1.71. The van der Waals surface area contributed by atoms with E-state index in [0.29, 0.717) is 38.5 Å². The molecule has 3 rings (SSSR count). The average molecular weight is 608 g/mol. The Morgan fingerprint density at radius 1 is 0.930 bits per heavy atom. The molecule has 1 aromatic heterocycles. The predicted molar refractivity (Wildman–Crippen MR) is 171 cm³/mol. The zero-order valence-electron chi connectivity index (χ0n) is 25.4. The second kappa shape index (κ2) is 18.0. The van der Waals surface area contributed by atoms with E-state index in [-0.39, 0.29) is 43.0 Å². The van der Waals surface area contributed by atoms with Crippen molar-refractivity contribution in [1.82, 2.24) is 20.5 Å². The van der Waals surface area contributed by atoms with Crippen LogP contribution in [0.15, 0.2) is 72.4 Å². The van der Waals surface area contributed by atoms with Gasteiger partial charge in [-0.25, -0.2) is 9.59 Å². The number of ether oxygens (including phenoxy) is 1. The van der Waals surface area contributed by atoms with Crippen LogP contribution < -0.4 is 16.4 Å². The first-order chi connectivity index (χ1) is 20.7. The number of thiazole rings is 1. The zero-order valence-corrected chi connectivity index (χ0v) is 26.2. The van der Waals surface area contributed by atoms with Gasteiger partial charge < -0.3 is 26.0 Å². The van der Waals surface area contributed by atoms with Crippen LogP contribution in [-0.2, 0) is 29.0 Å². The quantitative estimate of drug-likeness (QED) is 0.190. The molecular formula is C33H45N5O4S. The standard InChI is InChI=1S/C33H45N5O4S/c1-24(2)38(3)32(40)37-30(16-17-34)31(39)20-27(18-25-10-6-4-7-11-25)14-15-28(19-26-12-8-5-9-13-26)36-33(41)42-22-29-21-35-23-43-29/h4-13,21,23-24,27-28,30H,14-20,22,34H2,1-3H3,(H,36,41)(H,37,40)/t27-,28-,30+/m1/s1. The highest BCUT2D eigenvalue weighted by Gasteiger charge is 2.26. The molecule has 0 fully saturated rings. The van der Waals surface area contributed by atoms with Crippen LogP contribution in [0.5, 0.6) is 0 Å². The number of amides is 3. The van der Waals surface area contributed by atoms with Crippen molar-refractivity contribution in [2.45, 2.75) is 77.1 Å². The topological polar surface area (TPSA) is 127 Å². The number of rotatable bonds is 17. The fraction of sp³-hybridized carbons (Fsp3) is 0.455. The predicted octanol–water partition coefficient (Wildman–Crippen LogP) is 5.35. The Morgan fingerprint density at radius 3 is 2.16 bits per heavy atom. The summed E-state index contributed by atoms with van der Waals surface area (Å²) in [5.41, 5.74) is 9.78.